The Morgan fingerprint density at radius 1 is 1.07 bits per heavy atom. The highest BCUT2D eigenvalue weighted by atomic mass is 31.2. The van der Waals surface area contributed by atoms with Crippen molar-refractivity contribution in [3.63, 3.8) is 0 Å². The minimum Gasteiger partial charge on any atom is -0.257 e. The predicted octanol–water partition coefficient (Wildman–Crippen LogP) is 2.45. The Balaban J connectivity index is 3.81. The van der Waals surface area contributed by atoms with Crippen LogP contribution in [-0.4, -0.2) is 18.7 Å². The van der Waals surface area contributed by atoms with Crippen LogP contribution in [0.3, 0.4) is 0 Å². The van der Waals surface area contributed by atoms with E-state index in [4.69, 9.17) is 9.25 Å². The van der Waals surface area contributed by atoms with Crippen molar-refractivity contribution in [2.45, 2.75) is 52.6 Å². The first-order valence-electron chi connectivity index (χ1n) is 5.37. The molecule has 0 rings (SSSR count). The molecule has 0 saturated heterocycles. The van der Waals surface area contributed by atoms with E-state index in [0.29, 0.717) is 0 Å². The molecular formula is C9H23N2O3P. The van der Waals surface area contributed by atoms with Gasteiger partial charge in [0.05, 0.1) is 0 Å². The van der Waals surface area contributed by atoms with Gasteiger partial charge in [-0.2, -0.15) is 11.0 Å². The quantitative estimate of drug-likeness (QED) is 0.502. The fourth-order valence-electron chi connectivity index (χ4n) is 0.557. The number of nitrogens with one attached hydrogen (secondary N) is 2. The first kappa shape index (κ1) is 15.1. The highest BCUT2D eigenvalue weighted by Gasteiger charge is 2.19. The molecule has 0 radical (unpaired) electrons. The molecule has 0 aromatic rings. The maximum Gasteiger partial charge on any atom is 0.360 e. The van der Waals surface area contributed by atoms with E-state index in [1.54, 1.807) is 0 Å². The van der Waals surface area contributed by atoms with Gasteiger partial charge in [-0.05, 0) is 26.7 Å². The lowest BCUT2D eigenvalue weighted by Gasteiger charge is -2.19. The first-order valence-corrected chi connectivity index (χ1v) is 7.36. The summed E-state index contributed by atoms with van der Waals surface area (Å²) >= 11 is 0. The van der Waals surface area contributed by atoms with Crippen molar-refractivity contribution in [2.24, 2.45) is 0 Å². The summed E-state index contributed by atoms with van der Waals surface area (Å²) < 4.78 is 21.7. The molecule has 2 N–H and O–H groups in total. The van der Waals surface area contributed by atoms with E-state index in [9.17, 15) is 4.57 Å². The van der Waals surface area contributed by atoms with E-state index >= 15 is 0 Å². The van der Waals surface area contributed by atoms with E-state index in [2.05, 4.69) is 11.0 Å². The monoisotopic (exact) mass is 238 g/mol. The van der Waals surface area contributed by atoms with Gasteiger partial charge in [-0.1, -0.05) is 13.8 Å². The molecule has 0 aliphatic heterocycles. The molecule has 2 atom stereocenters. The van der Waals surface area contributed by atoms with Crippen molar-refractivity contribution in [3.05, 3.63) is 0 Å². The van der Waals surface area contributed by atoms with Gasteiger partial charge >= 0.3 is 7.60 Å². The zero-order valence-electron chi connectivity index (χ0n) is 10.2. The van der Waals surface area contributed by atoms with Crippen molar-refractivity contribution in [3.8, 4) is 0 Å². The van der Waals surface area contributed by atoms with E-state index in [1.807, 2.05) is 27.7 Å². The van der Waals surface area contributed by atoms with Crippen molar-refractivity contribution >= 4 is 7.60 Å². The van der Waals surface area contributed by atoms with E-state index < -0.39 is 7.60 Å². The third-order valence-corrected chi connectivity index (χ3v) is 2.94. The highest BCUT2D eigenvalue weighted by molar-refractivity contribution is 7.52. The van der Waals surface area contributed by atoms with Crippen LogP contribution in [-0.2, 0) is 13.8 Å². The molecule has 0 aliphatic rings. The van der Waals surface area contributed by atoms with Crippen molar-refractivity contribution in [1.29, 1.82) is 0 Å². The molecule has 0 fully saturated rings. The molecule has 0 aliphatic carbocycles. The van der Waals surface area contributed by atoms with E-state index in [-0.39, 0.29) is 12.1 Å². The van der Waals surface area contributed by atoms with Crippen LogP contribution in [0, 0.1) is 0 Å². The van der Waals surface area contributed by atoms with Gasteiger partial charge in [0.15, 0.2) is 0 Å². The highest BCUT2D eigenvalue weighted by Crippen LogP contribution is 2.41. The van der Waals surface area contributed by atoms with Crippen LogP contribution in [0.2, 0.25) is 0 Å². The van der Waals surface area contributed by atoms with Crippen LogP contribution in [0.1, 0.15) is 40.5 Å². The van der Waals surface area contributed by atoms with Crippen LogP contribution in [0.15, 0.2) is 0 Å². The molecule has 92 valence electrons. The Hall–Kier alpha value is 0.0700. The molecule has 0 saturated carbocycles. The topological polar surface area (TPSA) is 59.6 Å². The molecule has 0 bridgehead atoms. The number of rotatable bonds is 8. The standard InChI is InChI=1S/C9H23N2O3P/c1-6-8(3)10-13-15(5,12)14-11-9(4)7-2/h8-11H,6-7H2,1-5H3. The van der Waals surface area contributed by atoms with Gasteiger partial charge < -0.3 is 0 Å². The second-order valence-corrected chi connectivity index (χ2v) is 5.72. The van der Waals surface area contributed by atoms with E-state index in [1.165, 1.54) is 6.66 Å². The summed E-state index contributed by atoms with van der Waals surface area (Å²) in [5.74, 6) is 0. The minimum absolute atomic E-state index is 0.158. The van der Waals surface area contributed by atoms with Crippen molar-refractivity contribution in [2.75, 3.05) is 6.66 Å². The van der Waals surface area contributed by atoms with Gasteiger partial charge in [-0.15, -0.1) is 0 Å². The lowest BCUT2D eigenvalue weighted by molar-refractivity contribution is 0.0765. The SMILES string of the molecule is CCC(C)NOP(C)(=O)ONC(C)CC. The molecule has 0 aromatic carbocycles. The van der Waals surface area contributed by atoms with Crippen LogP contribution in [0.4, 0.5) is 0 Å². The molecule has 5 nitrogen and oxygen atoms in total. The second kappa shape index (κ2) is 7.36. The Morgan fingerprint density at radius 2 is 1.40 bits per heavy atom. The van der Waals surface area contributed by atoms with Crippen LogP contribution in [0.25, 0.3) is 0 Å². The maximum absolute atomic E-state index is 11.7. The summed E-state index contributed by atoms with van der Waals surface area (Å²) in [6.45, 7) is 9.35. The second-order valence-electron chi connectivity index (χ2n) is 3.81. The number of hydrogen-bond acceptors (Lipinski definition) is 5. The molecule has 2 unspecified atom stereocenters. The van der Waals surface area contributed by atoms with Gasteiger partial charge in [0.25, 0.3) is 0 Å². The average Bonchev–Trinajstić information content (AvgIpc) is 2.22. The lowest BCUT2D eigenvalue weighted by atomic mass is 10.3. The summed E-state index contributed by atoms with van der Waals surface area (Å²) in [5.41, 5.74) is 5.37. The fourth-order valence-corrected chi connectivity index (χ4v) is 1.34. The zero-order chi connectivity index (χ0) is 11.9. The first-order chi connectivity index (χ1) is 6.91. The molecule has 0 amide bonds. The fraction of sp³-hybridized carbons (Fsp3) is 1.00. The molecule has 0 spiro atoms. The summed E-state index contributed by atoms with van der Waals surface area (Å²) in [4.78, 5) is 0. The smallest absolute Gasteiger partial charge is 0.257 e. The van der Waals surface area contributed by atoms with Crippen molar-refractivity contribution < 1.29 is 13.8 Å². The normalized spacial score (nSPS) is 19.5. The summed E-state index contributed by atoms with van der Waals surface area (Å²) in [7, 11) is -3.05. The van der Waals surface area contributed by atoms with Gasteiger partial charge in [-0.3, -0.25) is 4.57 Å². The Morgan fingerprint density at radius 3 is 1.67 bits per heavy atom. The Bertz CT molecular complexity index is 196. The van der Waals surface area contributed by atoms with Crippen molar-refractivity contribution in [1.82, 2.24) is 11.0 Å². The van der Waals surface area contributed by atoms with Crippen LogP contribution in [0.5, 0.6) is 0 Å². The minimum atomic E-state index is -3.05. The van der Waals surface area contributed by atoms with Gasteiger partial charge in [0, 0.05) is 18.7 Å². The summed E-state index contributed by atoms with van der Waals surface area (Å²) in [6, 6.07) is 0.316. The average molecular weight is 238 g/mol. The van der Waals surface area contributed by atoms with Crippen LogP contribution >= 0.6 is 7.60 Å². The van der Waals surface area contributed by atoms with Gasteiger partial charge in [-0.25, -0.2) is 9.25 Å². The molecular weight excluding hydrogens is 215 g/mol. The third kappa shape index (κ3) is 7.94. The van der Waals surface area contributed by atoms with E-state index in [0.717, 1.165) is 12.8 Å². The lowest BCUT2D eigenvalue weighted by Crippen LogP contribution is -2.28. The largest absolute Gasteiger partial charge is 0.360 e. The maximum atomic E-state index is 11.7. The summed E-state index contributed by atoms with van der Waals surface area (Å²) in [5, 5.41) is 0. The number of hydrogen-bond donors (Lipinski definition) is 2. The van der Waals surface area contributed by atoms with Crippen LogP contribution < -0.4 is 11.0 Å². The Labute approximate surface area is 92.4 Å². The van der Waals surface area contributed by atoms with Gasteiger partial charge in [0.1, 0.15) is 0 Å². The van der Waals surface area contributed by atoms with Gasteiger partial charge in [0.2, 0.25) is 0 Å². The molecule has 0 heterocycles. The Kier molecular flexibility index (Phi) is 7.40. The molecule has 15 heavy (non-hydrogen) atoms. The summed E-state index contributed by atoms with van der Waals surface area (Å²) in [6.07, 6.45) is 1.80. The molecule has 6 heteroatoms. The third-order valence-electron chi connectivity index (χ3n) is 2.06. The number of hydroxylamine groups is 2. The zero-order valence-corrected chi connectivity index (χ0v) is 11.1. The molecule has 0 aromatic heterocycles. The predicted molar refractivity (Wildman–Crippen MR) is 61.5 cm³/mol.